The fraction of sp³-hybridized carbons (Fsp3) is 0.581. The van der Waals surface area contributed by atoms with Crippen molar-refractivity contribution in [1.29, 1.82) is 0 Å². The average Bonchev–Trinajstić information content (AvgIpc) is 1.73. The minimum absolute atomic E-state index is 0.00922. The van der Waals surface area contributed by atoms with Crippen molar-refractivity contribution in [3.63, 3.8) is 0 Å². The summed E-state index contributed by atoms with van der Waals surface area (Å²) in [6.07, 6.45) is 6.51. The summed E-state index contributed by atoms with van der Waals surface area (Å²) in [4.78, 5) is 29.6. The van der Waals surface area contributed by atoms with Gasteiger partial charge in [0.25, 0.3) is 0 Å². The van der Waals surface area contributed by atoms with E-state index >= 15 is 0 Å². The first-order valence-electron chi connectivity index (χ1n) is 31.3. The fourth-order valence-electron chi connectivity index (χ4n) is 12.9. The van der Waals surface area contributed by atoms with Gasteiger partial charge in [-0.3, -0.25) is 9.80 Å². The quantitative estimate of drug-likeness (QED) is 0.0302. The SMILES string of the molecule is N[C@@H]1CCCN([C@H]2Cc3c(Cl)cc(Cl)cc3[C@@H]2Oc2ccc(S(=O)(=O)N3CC[C@@H](OCCOCCNC(=O)NCCCCNC(=O)NCCOCCO[C@@H]4CCN(S(=O)(=O)c5ccc(O[C@H]6c7cc(Cl)cc(Cl)c7C[C@@H]6N6CCC[C@@H](N)C6)cc5)C4)C3)cc2)C1. The molecule has 28 heteroatoms. The number of nitrogens with zero attached hydrogens (tertiary/aromatic N) is 4. The molecule has 4 aromatic carbocycles. The molecule has 4 saturated heterocycles. The highest BCUT2D eigenvalue weighted by molar-refractivity contribution is 7.89. The van der Waals surface area contributed by atoms with Gasteiger partial charge in [0.05, 0.1) is 73.7 Å². The van der Waals surface area contributed by atoms with E-state index in [4.69, 9.17) is 86.3 Å². The molecule has 2 aliphatic carbocycles. The Morgan fingerprint density at radius 1 is 0.500 bits per heavy atom. The van der Waals surface area contributed by atoms with Gasteiger partial charge >= 0.3 is 12.1 Å². The zero-order chi connectivity index (χ0) is 63.4. The summed E-state index contributed by atoms with van der Waals surface area (Å²) in [7, 11) is -7.56. The maximum absolute atomic E-state index is 13.7. The summed E-state index contributed by atoms with van der Waals surface area (Å²) >= 11 is 26.2. The molecule has 90 heavy (non-hydrogen) atoms. The summed E-state index contributed by atoms with van der Waals surface area (Å²) in [6, 6.07) is 19.9. The Balaban J connectivity index is 0.520. The van der Waals surface area contributed by atoms with E-state index in [1.807, 2.05) is 12.1 Å². The molecule has 0 saturated carbocycles. The first-order valence-corrected chi connectivity index (χ1v) is 35.7. The van der Waals surface area contributed by atoms with Gasteiger partial charge in [-0.1, -0.05) is 46.4 Å². The first-order chi connectivity index (χ1) is 43.4. The summed E-state index contributed by atoms with van der Waals surface area (Å²) in [5, 5.41) is 13.4. The van der Waals surface area contributed by atoms with Crippen LogP contribution in [0.25, 0.3) is 0 Å². The monoisotopic (exact) mass is 1360 g/mol. The summed E-state index contributed by atoms with van der Waals surface area (Å²) in [5.41, 5.74) is 16.6. The predicted molar refractivity (Wildman–Crippen MR) is 345 cm³/mol. The van der Waals surface area contributed by atoms with Crippen molar-refractivity contribution < 1.29 is 54.8 Å². The normalized spacial score (nSPS) is 24.2. The number of fused-ring (bicyclic) bond motifs is 2. The number of hydrogen-bond donors (Lipinski definition) is 6. The van der Waals surface area contributed by atoms with E-state index in [-0.39, 0.29) is 136 Å². The zero-order valence-electron chi connectivity index (χ0n) is 50.5. The van der Waals surface area contributed by atoms with E-state index in [0.717, 1.165) is 74.1 Å². The van der Waals surface area contributed by atoms with Crippen molar-refractivity contribution in [2.24, 2.45) is 11.5 Å². The number of ether oxygens (including phenoxy) is 6. The molecule has 4 heterocycles. The lowest BCUT2D eigenvalue weighted by Crippen LogP contribution is -2.49. The van der Waals surface area contributed by atoms with Crippen LogP contribution in [-0.4, -0.2) is 202 Å². The van der Waals surface area contributed by atoms with Crippen molar-refractivity contribution in [2.75, 3.05) is 118 Å². The van der Waals surface area contributed by atoms with Gasteiger partial charge in [0.2, 0.25) is 20.0 Å². The Kier molecular flexibility index (Phi) is 24.5. The molecule has 10 rings (SSSR count). The number of benzene rings is 4. The molecule has 8 N–H and O–H groups in total. The molecule has 4 aliphatic heterocycles. The van der Waals surface area contributed by atoms with Crippen LogP contribution in [-0.2, 0) is 51.8 Å². The number of urea groups is 2. The third kappa shape index (κ3) is 17.9. The second-order valence-electron chi connectivity index (χ2n) is 23.9. The van der Waals surface area contributed by atoms with E-state index in [1.165, 1.54) is 8.61 Å². The first kappa shape index (κ1) is 68.5. The number of carbonyl (C=O) groups excluding carboxylic acids is 2. The van der Waals surface area contributed by atoms with E-state index in [2.05, 4.69) is 31.1 Å². The van der Waals surface area contributed by atoms with Gasteiger partial charge in [0.15, 0.2) is 0 Å². The lowest BCUT2D eigenvalue weighted by molar-refractivity contribution is 0.0123. The van der Waals surface area contributed by atoms with Crippen LogP contribution < -0.4 is 42.2 Å². The fourth-order valence-corrected chi connectivity index (χ4v) is 17.1. The van der Waals surface area contributed by atoms with Crippen molar-refractivity contribution in [3.05, 3.63) is 115 Å². The molecule has 494 valence electrons. The highest BCUT2D eigenvalue weighted by Gasteiger charge is 2.43. The van der Waals surface area contributed by atoms with E-state index in [1.54, 1.807) is 60.7 Å². The lowest BCUT2D eigenvalue weighted by Gasteiger charge is -2.38. The molecular formula is C62H84Cl4N10O12S2. The summed E-state index contributed by atoms with van der Waals surface area (Å²) < 4.78 is 94.0. The van der Waals surface area contributed by atoms with Crippen molar-refractivity contribution >= 4 is 78.5 Å². The third-order valence-electron chi connectivity index (χ3n) is 17.5. The number of halogens is 4. The number of nitrogens with two attached hydrogens (primary N) is 2. The number of amides is 4. The third-order valence-corrected chi connectivity index (χ3v) is 22.4. The van der Waals surface area contributed by atoms with Gasteiger partial charge in [-0.2, -0.15) is 8.61 Å². The van der Waals surface area contributed by atoms with Gasteiger partial charge in [0.1, 0.15) is 23.7 Å². The second-order valence-corrected chi connectivity index (χ2v) is 29.4. The number of sulfonamides is 2. The maximum Gasteiger partial charge on any atom is 0.314 e. The molecule has 4 amide bonds. The number of nitrogens with one attached hydrogen (secondary N) is 4. The van der Waals surface area contributed by atoms with Crippen LogP contribution in [0.15, 0.2) is 82.6 Å². The van der Waals surface area contributed by atoms with E-state index < -0.39 is 20.0 Å². The molecule has 22 nitrogen and oxygen atoms in total. The largest absolute Gasteiger partial charge is 0.484 e. The molecule has 0 unspecified atom stereocenters. The predicted octanol–water partition coefficient (Wildman–Crippen LogP) is 6.91. The van der Waals surface area contributed by atoms with Crippen LogP contribution in [0.4, 0.5) is 9.59 Å². The second kappa shape index (κ2) is 32.2. The van der Waals surface area contributed by atoms with E-state index in [0.29, 0.717) is 96.3 Å². The minimum atomic E-state index is -3.78. The molecular weight excluding hydrogens is 1280 g/mol. The van der Waals surface area contributed by atoms with Gasteiger partial charge < -0.3 is 61.2 Å². The number of unbranched alkanes of at least 4 members (excludes halogenated alkanes) is 1. The van der Waals surface area contributed by atoms with Crippen LogP contribution >= 0.6 is 46.4 Å². The Morgan fingerprint density at radius 3 is 1.30 bits per heavy atom. The standard InChI is InChI=1S/C62H84Cl4N10O12S2/c63-41-31-53-51(55(65)33-41)35-57(73-21-3-5-43(67)37-73)59(53)87-45-7-11-49(12-8-45)89(79,80)75-23-15-47(39-75)85-29-27-83-25-19-71-61(77)69-17-1-2-18-70-62(78)72-20-26-84-28-30-86-48-16-24-76(40-48)90(81,82)50-13-9-46(10-14-50)88-60-54-32-42(64)34-56(66)52(54)36-58(60)74-22-4-6-44(68)38-74/h7-14,31-34,43-44,47-48,57-60H,1-6,15-30,35-40,67-68H2,(H2,69,71,77)(H2,70,72,78)/t43-,44-,47-,48-,57+,58+,59+,60+/m1/s1. The van der Waals surface area contributed by atoms with E-state index in [9.17, 15) is 26.4 Å². The molecule has 0 bridgehead atoms. The number of likely N-dealkylation sites (tertiary alicyclic amines) is 2. The van der Waals surface area contributed by atoms with Crippen molar-refractivity contribution in [2.45, 2.75) is 123 Å². The van der Waals surface area contributed by atoms with Crippen molar-refractivity contribution in [3.8, 4) is 11.5 Å². The van der Waals surface area contributed by atoms with Crippen LogP contribution in [0.5, 0.6) is 11.5 Å². The highest BCUT2D eigenvalue weighted by Crippen LogP contribution is 2.45. The topological polar surface area (TPSA) is 271 Å². The minimum Gasteiger partial charge on any atom is -0.484 e. The molecule has 0 radical (unpaired) electrons. The summed E-state index contributed by atoms with van der Waals surface area (Å²) in [5.74, 6) is 1.08. The molecule has 8 atom stereocenters. The Labute approximate surface area is 548 Å². The van der Waals surface area contributed by atoms with Crippen LogP contribution in [0.2, 0.25) is 20.1 Å². The molecule has 6 aliphatic rings. The summed E-state index contributed by atoms with van der Waals surface area (Å²) in [6.45, 7) is 7.50. The van der Waals surface area contributed by atoms with Crippen LogP contribution in [0.3, 0.4) is 0 Å². The molecule has 0 spiro atoms. The Bertz CT molecular complexity index is 3080. The number of carbonyl (C=O) groups is 2. The van der Waals surface area contributed by atoms with Crippen LogP contribution in [0, 0.1) is 0 Å². The smallest absolute Gasteiger partial charge is 0.314 e. The maximum atomic E-state index is 13.7. The average molecular weight is 1370 g/mol. The van der Waals surface area contributed by atoms with Gasteiger partial charge in [-0.05, 0) is 161 Å². The van der Waals surface area contributed by atoms with Gasteiger partial charge in [0, 0.05) is 109 Å². The Hall–Kier alpha value is -4.32. The number of piperidine rings is 2. The Morgan fingerprint density at radius 2 is 0.900 bits per heavy atom. The number of rotatable bonds is 29. The lowest BCUT2D eigenvalue weighted by atomic mass is 10.0. The molecule has 4 fully saturated rings. The molecule has 0 aromatic heterocycles. The highest BCUT2D eigenvalue weighted by atomic mass is 35.5. The molecule has 4 aromatic rings. The van der Waals surface area contributed by atoms with Gasteiger partial charge in [-0.15, -0.1) is 0 Å². The van der Waals surface area contributed by atoms with Gasteiger partial charge in [-0.25, -0.2) is 26.4 Å². The van der Waals surface area contributed by atoms with Crippen molar-refractivity contribution in [1.82, 2.24) is 39.7 Å². The number of hydrogen-bond acceptors (Lipinski definition) is 16. The van der Waals surface area contributed by atoms with Crippen LogP contribution in [0.1, 0.15) is 85.8 Å². The zero-order valence-corrected chi connectivity index (χ0v) is 55.2.